The molecule has 1 heterocycles. The lowest BCUT2D eigenvalue weighted by atomic mass is 10.0. The van der Waals surface area contributed by atoms with Crippen LogP contribution in [0.25, 0.3) is 0 Å². The van der Waals surface area contributed by atoms with E-state index in [1.807, 2.05) is 11.7 Å². The summed E-state index contributed by atoms with van der Waals surface area (Å²) in [5, 5.41) is 8.27. The molecule has 4 heteroatoms. The van der Waals surface area contributed by atoms with Crippen molar-refractivity contribution in [3.05, 3.63) is 5.69 Å². The van der Waals surface area contributed by atoms with Crippen molar-refractivity contribution in [3.63, 3.8) is 0 Å². The van der Waals surface area contributed by atoms with E-state index < -0.39 is 0 Å². The minimum atomic E-state index is 0.386. The van der Waals surface area contributed by atoms with Gasteiger partial charge in [-0.2, -0.15) is 5.10 Å². The number of fused-ring (bicyclic) bond motifs is 5. The molecule has 0 saturated heterocycles. The fraction of sp³-hybridized carbons (Fsp3) is 0.800. The van der Waals surface area contributed by atoms with Crippen molar-refractivity contribution in [3.8, 4) is 0 Å². The van der Waals surface area contributed by atoms with Crippen LogP contribution in [0.5, 0.6) is 0 Å². The molecule has 3 aliphatic carbocycles. The lowest BCUT2D eigenvalue weighted by Gasteiger charge is -2.12. The Kier molecular flexibility index (Phi) is 2.25. The van der Waals surface area contributed by atoms with Crippen molar-refractivity contribution < 1.29 is 0 Å². The highest BCUT2D eigenvalue weighted by atomic mass is 15.3. The molecule has 0 aromatic carbocycles. The Bertz CT molecular complexity index is 502. The highest BCUT2D eigenvalue weighted by Crippen LogP contribution is 2.66. The Morgan fingerprint density at radius 1 is 1.26 bits per heavy atom. The van der Waals surface area contributed by atoms with Crippen molar-refractivity contribution >= 4 is 11.5 Å². The van der Waals surface area contributed by atoms with E-state index in [2.05, 4.69) is 24.3 Å². The molecule has 3 saturated carbocycles. The van der Waals surface area contributed by atoms with Crippen LogP contribution >= 0.6 is 0 Å². The second-order valence-corrected chi connectivity index (χ2v) is 7.08. The van der Waals surface area contributed by atoms with Gasteiger partial charge in [0.25, 0.3) is 0 Å². The van der Waals surface area contributed by atoms with Gasteiger partial charge in [-0.1, -0.05) is 13.8 Å². The highest BCUT2D eigenvalue weighted by Gasteiger charge is 2.65. The van der Waals surface area contributed by atoms with Crippen LogP contribution in [0.15, 0.2) is 0 Å². The first-order valence-electron chi connectivity index (χ1n) is 7.66. The van der Waals surface area contributed by atoms with E-state index >= 15 is 0 Å². The first-order chi connectivity index (χ1) is 9.08. The van der Waals surface area contributed by atoms with Crippen LogP contribution in [0.4, 0.5) is 11.5 Å². The number of rotatable bonds is 3. The maximum atomic E-state index is 6.27. The Hall–Kier alpha value is -1.19. The first kappa shape index (κ1) is 11.6. The Morgan fingerprint density at radius 3 is 2.42 bits per heavy atom. The van der Waals surface area contributed by atoms with E-state index in [1.165, 1.54) is 19.3 Å². The largest absolute Gasteiger partial charge is 0.394 e. The van der Waals surface area contributed by atoms with Gasteiger partial charge in [0, 0.05) is 13.1 Å². The van der Waals surface area contributed by atoms with E-state index in [9.17, 15) is 0 Å². The zero-order valence-electron chi connectivity index (χ0n) is 12.1. The normalized spacial score (nSPS) is 38.8. The number of nitrogen functional groups attached to an aromatic ring is 1. The maximum absolute atomic E-state index is 6.27. The molecule has 4 unspecified atom stereocenters. The summed E-state index contributed by atoms with van der Waals surface area (Å²) < 4.78 is 1.93. The van der Waals surface area contributed by atoms with Gasteiger partial charge in [-0.3, -0.25) is 4.68 Å². The van der Waals surface area contributed by atoms with Crippen LogP contribution in [0, 0.1) is 23.7 Å². The van der Waals surface area contributed by atoms with Crippen molar-refractivity contribution in [2.45, 2.75) is 45.1 Å². The topological polar surface area (TPSA) is 55.9 Å². The molecule has 3 fully saturated rings. The maximum Gasteiger partial charge on any atom is 0.148 e. The molecule has 4 atom stereocenters. The van der Waals surface area contributed by atoms with Crippen molar-refractivity contribution in [1.82, 2.24) is 9.78 Å². The molecule has 1 aromatic rings. The Morgan fingerprint density at radius 2 is 1.89 bits per heavy atom. The molecule has 4 nitrogen and oxygen atoms in total. The van der Waals surface area contributed by atoms with Gasteiger partial charge in [-0.05, 0) is 48.9 Å². The van der Waals surface area contributed by atoms with Crippen molar-refractivity contribution in [2.75, 3.05) is 11.1 Å². The SMILES string of the molecule is CC(C)c1nn(C)c(NC2C3C4CCC(C4)C23)c1N. The second-order valence-electron chi connectivity index (χ2n) is 7.08. The molecule has 3 aliphatic rings. The molecule has 0 amide bonds. The van der Waals surface area contributed by atoms with E-state index in [1.54, 1.807) is 0 Å². The fourth-order valence-electron chi connectivity index (χ4n) is 4.84. The standard InChI is InChI=1S/C15H24N4/c1-7(2)13-12(16)15(19(3)18-13)17-14-10-8-4-5-9(6-8)11(10)14/h7-11,14,17H,4-6,16H2,1-3H3. The smallest absolute Gasteiger partial charge is 0.148 e. The van der Waals surface area contributed by atoms with Gasteiger partial charge < -0.3 is 11.1 Å². The number of hydrogen-bond acceptors (Lipinski definition) is 3. The summed E-state index contributed by atoms with van der Waals surface area (Å²) >= 11 is 0. The number of nitrogens with zero attached hydrogens (tertiary/aromatic N) is 2. The van der Waals surface area contributed by atoms with Gasteiger partial charge >= 0.3 is 0 Å². The third-order valence-corrected chi connectivity index (χ3v) is 5.70. The average molecular weight is 260 g/mol. The molecule has 0 spiro atoms. The molecule has 2 bridgehead atoms. The Labute approximate surface area is 114 Å². The lowest BCUT2D eigenvalue weighted by molar-refractivity contribution is 0.456. The van der Waals surface area contributed by atoms with Gasteiger partial charge in [-0.25, -0.2) is 0 Å². The molecule has 19 heavy (non-hydrogen) atoms. The zero-order chi connectivity index (χ0) is 13.3. The zero-order valence-corrected chi connectivity index (χ0v) is 12.1. The van der Waals surface area contributed by atoms with Crippen LogP contribution < -0.4 is 11.1 Å². The molecule has 1 aromatic heterocycles. The number of hydrogen-bond donors (Lipinski definition) is 2. The van der Waals surface area contributed by atoms with Gasteiger partial charge in [0.05, 0.1) is 11.4 Å². The molecular formula is C15H24N4. The first-order valence-corrected chi connectivity index (χ1v) is 7.66. The van der Waals surface area contributed by atoms with Crippen molar-refractivity contribution in [1.29, 1.82) is 0 Å². The summed E-state index contributed by atoms with van der Waals surface area (Å²) in [5.74, 6) is 5.27. The molecule has 3 N–H and O–H groups in total. The van der Waals surface area contributed by atoms with Crippen molar-refractivity contribution in [2.24, 2.45) is 30.7 Å². The number of nitrogens with two attached hydrogens (primary N) is 1. The quantitative estimate of drug-likeness (QED) is 0.878. The molecule has 0 radical (unpaired) electrons. The van der Waals surface area contributed by atoms with Gasteiger partial charge in [0.1, 0.15) is 5.82 Å². The average Bonchev–Trinajstić information content (AvgIpc) is 2.70. The second kappa shape index (κ2) is 3.68. The third-order valence-electron chi connectivity index (χ3n) is 5.70. The van der Waals surface area contributed by atoms with E-state index in [0.717, 1.165) is 40.9 Å². The number of anilines is 2. The van der Waals surface area contributed by atoms with Crippen LogP contribution in [0.3, 0.4) is 0 Å². The summed E-state index contributed by atoms with van der Waals surface area (Å²) in [6, 6.07) is 0.670. The van der Waals surface area contributed by atoms with E-state index in [0.29, 0.717) is 12.0 Å². The number of nitrogens with one attached hydrogen (secondary N) is 1. The predicted octanol–water partition coefficient (Wildman–Crippen LogP) is 2.58. The summed E-state index contributed by atoms with van der Waals surface area (Å²) in [4.78, 5) is 0. The van der Waals surface area contributed by atoms with Crippen LogP contribution in [-0.2, 0) is 7.05 Å². The van der Waals surface area contributed by atoms with Gasteiger partial charge in [0.2, 0.25) is 0 Å². The molecular weight excluding hydrogens is 236 g/mol. The number of aromatic nitrogens is 2. The van der Waals surface area contributed by atoms with E-state index in [-0.39, 0.29) is 0 Å². The lowest BCUT2D eigenvalue weighted by Crippen LogP contribution is -2.15. The van der Waals surface area contributed by atoms with Crippen LogP contribution in [0.1, 0.15) is 44.7 Å². The summed E-state index contributed by atoms with van der Waals surface area (Å²) in [6.07, 6.45) is 4.41. The fourth-order valence-corrected chi connectivity index (χ4v) is 4.84. The van der Waals surface area contributed by atoms with E-state index in [4.69, 9.17) is 5.73 Å². The Balaban J connectivity index is 1.56. The minimum Gasteiger partial charge on any atom is -0.394 e. The number of aryl methyl sites for hydroxylation is 1. The summed E-state index contributed by atoms with van der Waals surface area (Å²) in [7, 11) is 2.00. The third kappa shape index (κ3) is 1.49. The monoisotopic (exact) mass is 260 g/mol. The molecule has 104 valence electrons. The van der Waals surface area contributed by atoms with Gasteiger partial charge in [0.15, 0.2) is 0 Å². The minimum absolute atomic E-state index is 0.386. The summed E-state index contributed by atoms with van der Waals surface area (Å²) in [6.45, 7) is 4.29. The van der Waals surface area contributed by atoms with Gasteiger partial charge in [-0.15, -0.1) is 0 Å². The van der Waals surface area contributed by atoms with Crippen LogP contribution in [-0.4, -0.2) is 15.8 Å². The van der Waals surface area contributed by atoms with Crippen LogP contribution in [0.2, 0.25) is 0 Å². The summed E-state index contributed by atoms with van der Waals surface area (Å²) in [5.41, 5.74) is 8.15. The highest BCUT2D eigenvalue weighted by molar-refractivity contribution is 5.66. The molecule has 0 aliphatic heterocycles. The molecule has 4 rings (SSSR count). The predicted molar refractivity (Wildman–Crippen MR) is 76.9 cm³/mol.